The van der Waals surface area contributed by atoms with E-state index < -0.39 is 11.6 Å². The maximum absolute atomic E-state index is 12.8. The van der Waals surface area contributed by atoms with E-state index in [9.17, 15) is 9.59 Å². The Morgan fingerprint density at radius 1 is 1.50 bits per heavy atom. The molecule has 1 aliphatic heterocycles. The van der Waals surface area contributed by atoms with Crippen molar-refractivity contribution in [1.82, 2.24) is 15.2 Å². The minimum absolute atomic E-state index is 0.0257. The third-order valence-corrected chi connectivity index (χ3v) is 5.15. The second-order valence-corrected chi connectivity index (χ2v) is 6.99. The number of aryl methyl sites for hydroxylation is 1. The summed E-state index contributed by atoms with van der Waals surface area (Å²) in [6, 6.07) is -0.434. The SMILES string of the molecule is Cc1nc(CN2C(=O)C(C)(C3CC3)NC(=O)C2C)cs1. The zero-order valence-corrected chi connectivity index (χ0v) is 12.8. The van der Waals surface area contributed by atoms with Gasteiger partial charge in [-0.05, 0) is 39.5 Å². The molecule has 2 fully saturated rings. The van der Waals surface area contributed by atoms with Crippen LogP contribution in [0.15, 0.2) is 5.38 Å². The summed E-state index contributed by atoms with van der Waals surface area (Å²) in [5, 5.41) is 5.86. The Morgan fingerprint density at radius 2 is 2.20 bits per heavy atom. The van der Waals surface area contributed by atoms with E-state index in [1.807, 2.05) is 19.2 Å². The van der Waals surface area contributed by atoms with E-state index in [1.165, 1.54) is 0 Å². The Morgan fingerprint density at radius 3 is 2.75 bits per heavy atom. The molecular weight excluding hydrogens is 274 g/mol. The fourth-order valence-electron chi connectivity index (χ4n) is 2.83. The quantitative estimate of drug-likeness (QED) is 0.918. The number of aromatic nitrogens is 1. The molecule has 2 unspecified atom stereocenters. The van der Waals surface area contributed by atoms with Gasteiger partial charge in [0.05, 0.1) is 17.2 Å². The smallest absolute Gasteiger partial charge is 0.249 e. The van der Waals surface area contributed by atoms with Crippen molar-refractivity contribution in [1.29, 1.82) is 0 Å². The van der Waals surface area contributed by atoms with Crippen molar-refractivity contribution < 1.29 is 9.59 Å². The van der Waals surface area contributed by atoms with Gasteiger partial charge in [0, 0.05) is 5.38 Å². The van der Waals surface area contributed by atoms with Gasteiger partial charge < -0.3 is 10.2 Å². The number of piperazine rings is 1. The molecule has 1 aliphatic carbocycles. The third-order valence-electron chi connectivity index (χ3n) is 4.33. The first-order valence-corrected chi connectivity index (χ1v) is 7.84. The lowest BCUT2D eigenvalue weighted by molar-refractivity contribution is -0.155. The molecule has 2 atom stereocenters. The lowest BCUT2D eigenvalue weighted by Gasteiger charge is -2.43. The van der Waals surface area contributed by atoms with Crippen molar-refractivity contribution in [2.45, 2.75) is 51.7 Å². The van der Waals surface area contributed by atoms with E-state index in [0.29, 0.717) is 6.54 Å². The molecule has 0 aromatic carbocycles. The number of carbonyl (C=O) groups excluding carboxylic acids is 2. The van der Waals surface area contributed by atoms with Crippen molar-refractivity contribution in [3.8, 4) is 0 Å². The largest absolute Gasteiger partial charge is 0.340 e. The molecule has 3 rings (SSSR count). The van der Waals surface area contributed by atoms with Gasteiger partial charge in [0.15, 0.2) is 0 Å². The average molecular weight is 293 g/mol. The highest BCUT2D eigenvalue weighted by atomic mass is 32.1. The molecule has 2 amide bonds. The predicted molar refractivity (Wildman–Crippen MR) is 76.1 cm³/mol. The summed E-state index contributed by atoms with van der Waals surface area (Å²) in [6.07, 6.45) is 2.03. The second-order valence-electron chi connectivity index (χ2n) is 5.93. The van der Waals surface area contributed by atoms with Crippen LogP contribution in [0.25, 0.3) is 0 Å². The Hall–Kier alpha value is -1.43. The van der Waals surface area contributed by atoms with Crippen molar-refractivity contribution in [3.05, 3.63) is 16.1 Å². The van der Waals surface area contributed by atoms with Crippen LogP contribution in [0.3, 0.4) is 0 Å². The van der Waals surface area contributed by atoms with E-state index in [1.54, 1.807) is 23.2 Å². The van der Waals surface area contributed by atoms with Crippen molar-refractivity contribution in [2.75, 3.05) is 0 Å². The summed E-state index contributed by atoms with van der Waals surface area (Å²) < 4.78 is 0. The first-order chi connectivity index (χ1) is 9.41. The lowest BCUT2D eigenvalue weighted by atomic mass is 9.89. The minimum atomic E-state index is -0.728. The van der Waals surface area contributed by atoms with Gasteiger partial charge in [0.25, 0.3) is 0 Å². The van der Waals surface area contributed by atoms with Gasteiger partial charge in [-0.1, -0.05) is 0 Å². The minimum Gasteiger partial charge on any atom is -0.340 e. The first kappa shape index (κ1) is 13.5. The summed E-state index contributed by atoms with van der Waals surface area (Å²) in [5.74, 6) is 0.245. The molecule has 0 bridgehead atoms. The second kappa shape index (κ2) is 4.55. The number of nitrogens with one attached hydrogen (secondary N) is 1. The summed E-state index contributed by atoms with van der Waals surface area (Å²) in [6.45, 7) is 5.99. The maximum Gasteiger partial charge on any atom is 0.249 e. The van der Waals surface area contributed by atoms with Gasteiger partial charge in [0.2, 0.25) is 11.8 Å². The lowest BCUT2D eigenvalue weighted by Crippen LogP contribution is -2.69. The molecular formula is C14H19N3O2S. The Kier molecular flexibility index (Phi) is 3.08. The molecule has 108 valence electrons. The number of rotatable bonds is 3. The fraction of sp³-hybridized carbons (Fsp3) is 0.643. The van der Waals surface area contributed by atoms with Crippen LogP contribution in [-0.2, 0) is 16.1 Å². The van der Waals surface area contributed by atoms with Gasteiger partial charge in [-0.3, -0.25) is 9.59 Å². The summed E-state index contributed by atoms with van der Waals surface area (Å²) >= 11 is 1.57. The average Bonchev–Trinajstić information content (AvgIpc) is 3.17. The Bertz CT molecular complexity index is 567. The molecule has 2 heterocycles. The molecule has 1 aromatic heterocycles. The number of amides is 2. The first-order valence-electron chi connectivity index (χ1n) is 6.96. The van der Waals surface area contributed by atoms with Crippen molar-refractivity contribution >= 4 is 23.2 Å². The molecule has 1 N–H and O–H groups in total. The van der Waals surface area contributed by atoms with E-state index in [2.05, 4.69) is 10.3 Å². The topological polar surface area (TPSA) is 62.3 Å². The van der Waals surface area contributed by atoms with Crippen LogP contribution in [0.4, 0.5) is 0 Å². The zero-order valence-electron chi connectivity index (χ0n) is 12.0. The van der Waals surface area contributed by atoms with E-state index in [0.717, 1.165) is 23.5 Å². The van der Waals surface area contributed by atoms with Gasteiger partial charge in [-0.25, -0.2) is 4.98 Å². The van der Waals surface area contributed by atoms with E-state index in [-0.39, 0.29) is 17.7 Å². The number of carbonyl (C=O) groups is 2. The maximum atomic E-state index is 12.8. The number of hydrogen-bond donors (Lipinski definition) is 1. The molecule has 1 aromatic rings. The molecule has 0 spiro atoms. The van der Waals surface area contributed by atoms with Gasteiger partial charge in [-0.2, -0.15) is 0 Å². The number of hydrogen-bond acceptors (Lipinski definition) is 4. The van der Waals surface area contributed by atoms with Crippen LogP contribution >= 0.6 is 11.3 Å². The Labute approximate surface area is 122 Å². The standard InChI is InChI=1S/C14H19N3O2S/c1-8-12(18)16-14(3,10-4-5-10)13(19)17(8)6-11-7-20-9(2)15-11/h7-8,10H,4-6H2,1-3H3,(H,16,18). The molecule has 1 saturated carbocycles. The highest BCUT2D eigenvalue weighted by molar-refractivity contribution is 7.09. The highest BCUT2D eigenvalue weighted by Crippen LogP contribution is 2.42. The Balaban J connectivity index is 1.86. The predicted octanol–water partition coefficient (Wildman–Crippen LogP) is 1.47. The zero-order chi connectivity index (χ0) is 14.5. The number of thiazole rings is 1. The molecule has 1 saturated heterocycles. The van der Waals surface area contributed by atoms with Crippen LogP contribution in [0.2, 0.25) is 0 Å². The highest BCUT2D eigenvalue weighted by Gasteiger charge is 2.54. The normalized spacial score (nSPS) is 30.6. The monoisotopic (exact) mass is 293 g/mol. The molecule has 0 radical (unpaired) electrons. The fourth-order valence-corrected chi connectivity index (χ4v) is 3.43. The van der Waals surface area contributed by atoms with Crippen LogP contribution < -0.4 is 5.32 Å². The van der Waals surface area contributed by atoms with E-state index in [4.69, 9.17) is 0 Å². The van der Waals surface area contributed by atoms with E-state index >= 15 is 0 Å². The molecule has 5 nitrogen and oxygen atoms in total. The molecule has 20 heavy (non-hydrogen) atoms. The van der Waals surface area contributed by atoms with Gasteiger partial charge >= 0.3 is 0 Å². The summed E-state index contributed by atoms with van der Waals surface area (Å²) in [7, 11) is 0. The summed E-state index contributed by atoms with van der Waals surface area (Å²) in [5.41, 5.74) is 0.134. The summed E-state index contributed by atoms with van der Waals surface area (Å²) in [4.78, 5) is 31.0. The number of nitrogens with zero attached hydrogens (tertiary/aromatic N) is 2. The molecule has 2 aliphatic rings. The van der Waals surface area contributed by atoms with Crippen LogP contribution in [-0.4, -0.2) is 33.3 Å². The molecule has 6 heteroatoms. The van der Waals surface area contributed by atoms with Crippen LogP contribution in [0.5, 0.6) is 0 Å². The van der Waals surface area contributed by atoms with Crippen molar-refractivity contribution in [3.63, 3.8) is 0 Å². The van der Waals surface area contributed by atoms with Crippen molar-refractivity contribution in [2.24, 2.45) is 5.92 Å². The van der Waals surface area contributed by atoms with Crippen LogP contribution in [0, 0.1) is 12.8 Å². The van der Waals surface area contributed by atoms with Crippen LogP contribution in [0.1, 0.15) is 37.4 Å². The third kappa shape index (κ3) is 2.12. The van der Waals surface area contributed by atoms with Gasteiger partial charge in [0.1, 0.15) is 11.6 Å². The van der Waals surface area contributed by atoms with Gasteiger partial charge in [-0.15, -0.1) is 11.3 Å².